The molecule has 0 aliphatic carbocycles. The molecule has 0 fully saturated rings. The molecule has 1 aromatic heterocycles. The molecule has 0 aromatic carbocycles. The molecule has 60 valence electrons. The number of hydrogen-bond donors (Lipinski definition) is 0. The highest BCUT2D eigenvalue weighted by atomic mass is 79.9. The summed E-state index contributed by atoms with van der Waals surface area (Å²) < 4.78 is 0.955. The zero-order valence-electron chi connectivity index (χ0n) is 6.17. The van der Waals surface area contributed by atoms with Crippen LogP contribution < -0.4 is 4.54 Å². The fourth-order valence-corrected chi connectivity index (χ4v) is 1.20. The number of aryl methyl sites for hydroxylation is 1. The van der Waals surface area contributed by atoms with Crippen molar-refractivity contribution in [3.05, 3.63) is 32.0 Å². The second kappa shape index (κ2) is 2.65. The first-order valence-electron chi connectivity index (χ1n) is 3.03. The van der Waals surface area contributed by atoms with E-state index in [0.717, 1.165) is 0 Å². The molecule has 0 saturated carbocycles. The van der Waals surface area contributed by atoms with Gasteiger partial charge in [-0.25, -0.2) is 0 Å². The maximum atomic E-state index is 10.9. The summed E-state index contributed by atoms with van der Waals surface area (Å²) in [5, 5.41) is 10.9. The van der Waals surface area contributed by atoms with Gasteiger partial charge in [-0.15, -0.1) is 4.85 Å². The van der Waals surface area contributed by atoms with Gasteiger partial charge in [-0.05, 0) is 28.9 Å². The lowest BCUT2D eigenvalue weighted by Gasteiger charge is -2.04. The van der Waals surface area contributed by atoms with Gasteiger partial charge in [0.1, 0.15) is 0 Å². The number of aromatic nitrogens is 2. The predicted octanol–water partition coefficient (Wildman–Crippen LogP) is 1.13. The molecular formula is C6H7BrN2O2. The fraction of sp³-hybridized carbons (Fsp3) is 0.333. The third-order valence-electron chi connectivity index (χ3n) is 1.43. The topological polar surface area (TPSA) is 51.0 Å². The average molecular weight is 219 g/mol. The van der Waals surface area contributed by atoms with E-state index in [9.17, 15) is 10.1 Å². The highest BCUT2D eigenvalue weighted by Gasteiger charge is 2.10. The Morgan fingerprint density at radius 3 is 2.73 bits per heavy atom. The van der Waals surface area contributed by atoms with Crippen molar-refractivity contribution in [2.45, 2.75) is 13.8 Å². The Morgan fingerprint density at radius 2 is 2.18 bits per heavy atom. The Hall–Kier alpha value is -0.840. The Labute approximate surface area is 71.7 Å². The van der Waals surface area contributed by atoms with Gasteiger partial charge in [0.15, 0.2) is 4.54 Å². The third-order valence-corrected chi connectivity index (χ3v) is 2.24. The molecular weight excluding hydrogens is 212 g/mol. The second-order valence-corrected chi connectivity index (χ2v) is 3.12. The van der Waals surface area contributed by atoms with E-state index in [-0.39, 0.29) is 0 Å². The minimum Gasteiger partial charge on any atom is -0.755 e. The van der Waals surface area contributed by atoms with Gasteiger partial charge in [0.25, 0.3) is 5.69 Å². The summed E-state index contributed by atoms with van der Waals surface area (Å²) in [6, 6.07) is 1.61. The van der Waals surface area contributed by atoms with E-state index in [1.165, 1.54) is 0 Å². The van der Waals surface area contributed by atoms with E-state index < -0.39 is 0 Å². The van der Waals surface area contributed by atoms with Gasteiger partial charge in [0.05, 0.1) is 15.1 Å². The molecule has 11 heavy (non-hydrogen) atoms. The molecule has 0 amide bonds. The molecule has 0 radical (unpaired) electrons. The minimum atomic E-state index is 0.305. The Bertz CT molecular complexity index is 316. The van der Waals surface area contributed by atoms with Crippen molar-refractivity contribution in [3.63, 3.8) is 0 Å². The van der Waals surface area contributed by atoms with Crippen LogP contribution in [0.3, 0.4) is 0 Å². The predicted molar refractivity (Wildman–Crippen MR) is 43.7 cm³/mol. The van der Waals surface area contributed by atoms with Crippen LogP contribution in [0.15, 0.2) is 10.5 Å². The standard InChI is InChI=1S/C6H7BrN2O2/c1-4-3-6(7)5(2)9(11)8(4)10/h3H,1-2H3. The zero-order chi connectivity index (χ0) is 8.59. The molecule has 0 saturated heterocycles. The number of nitrogens with zero attached hydrogens (tertiary/aromatic N) is 2. The highest BCUT2D eigenvalue weighted by Crippen LogP contribution is 2.11. The lowest BCUT2D eigenvalue weighted by atomic mass is 10.4. The van der Waals surface area contributed by atoms with E-state index >= 15 is 0 Å². The minimum absolute atomic E-state index is 0.305. The SMILES string of the molecule is Cc1cc(Br)c(C)[n+](=O)n1[O-]. The summed E-state index contributed by atoms with van der Waals surface area (Å²) in [6.45, 7) is 3.15. The number of rotatable bonds is 0. The van der Waals surface area contributed by atoms with Crippen molar-refractivity contribution in [1.29, 1.82) is 0 Å². The van der Waals surface area contributed by atoms with E-state index in [2.05, 4.69) is 15.9 Å². The summed E-state index contributed by atoms with van der Waals surface area (Å²) in [7, 11) is 0. The van der Waals surface area contributed by atoms with Gasteiger partial charge in [-0.2, -0.15) is 0 Å². The molecule has 0 aliphatic rings. The average Bonchev–Trinajstić information content (AvgIpc) is 1.97. The lowest BCUT2D eigenvalue weighted by molar-refractivity contribution is -0.595. The van der Waals surface area contributed by atoms with Crippen LogP contribution in [0, 0.1) is 24.0 Å². The summed E-state index contributed by atoms with van der Waals surface area (Å²) in [5.74, 6) is 0. The fourth-order valence-electron chi connectivity index (χ4n) is 0.714. The first kappa shape index (κ1) is 8.26. The van der Waals surface area contributed by atoms with Crippen molar-refractivity contribution in [1.82, 2.24) is 4.85 Å². The summed E-state index contributed by atoms with van der Waals surface area (Å²) in [5.41, 5.74) is 0.739. The van der Waals surface area contributed by atoms with Gasteiger partial charge >= 0.3 is 0 Å². The highest BCUT2D eigenvalue weighted by molar-refractivity contribution is 9.10. The maximum absolute atomic E-state index is 10.9. The summed E-state index contributed by atoms with van der Waals surface area (Å²) in [4.78, 5) is 11.3. The molecule has 0 N–H and O–H groups in total. The molecule has 1 aromatic rings. The monoisotopic (exact) mass is 218 g/mol. The van der Waals surface area contributed by atoms with Crippen molar-refractivity contribution in [3.8, 4) is 0 Å². The molecule has 1 rings (SSSR count). The first-order chi connectivity index (χ1) is 5.04. The smallest absolute Gasteiger partial charge is 0.280 e. The molecule has 4 nitrogen and oxygen atoms in total. The quantitative estimate of drug-likeness (QED) is 0.614. The molecule has 1 heterocycles. The van der Waals surface area contributed by atoms with Crippen molar-refractivity contribution in [2.24, 2.45) is 0 Å². The maximum Gasteiger partial charge on any atom is 0.280 e. The van der Waals surface area contributed by atoms with E-state index in [4.69, 9.17) is 0 Å². The molecule has 0 aliphatic heterocycles. The van der Waals surface area contributed by atoms with Crippen LogP contribution in [-0.2, 0) is 0 Å². The lowest BCUT2D eigenvalue weighted by Crippen LogP contribution is -2.32. The first-order valence-corrected chi connectivity index (χ1v) is 3.82. The third kappa shape index (κ3) is 1.28. The summed E-state index contributed by atoms with van der Waals surface area (Å²) in [6.07, 6.45) is 0. The van der Waals surface area contributed by atoms with Crippen LogP contribution in [0.25, 0.3) is 0 Å². The van der Waals surface area contributed by atoms with E-state index in [1.807, 2.05) is 0 Å². The largest absolute Gasteiger partial charge is 0.755 e. The van der Waals surface area contributed by atoms with Crippen molar-refractivity contribution < 1.29 is 4.54 Å². The zero-order valence-corrected chi connectivity index (χ0v) is 7.75. The van der Waals surface area contributed by atoms with E-state index in [1.54, 1.807) is 19.9 Å². The molecule has 0 bridgehead atoms. The van der Waals surface area contributed by atoms with Crippen molar-refractivity contribution in [2.75, 3.05) is 0 Å². The molecule has 0 atom stereocenters. The van der Waals surface area contributed by atoms with Crippen LogP contribution in [-0.4, -0.2) is 4.85 Å². The van der Waals surface area contributed by atoms with Gasteiger partial charge in [0, 0.05) is 6.92 Å². The van der Waals surface area contributed by atoms with Crippen molar-refractivity contribution >= 4 is 15.9 Å². The molecule has 0 spiro atoms. The van der Waals surface area contributed by atoms with Gasteiger partial charge in [-0.1, -0.05) is 0 Å². The van der Waals surface area contributed by atoms with E-state index in [0.29, 0.717) is 25.2 Å². The Kier molecular flexibility index (Phi) is 1.99. The molecule has 5 heteroatoms. The number of hydrogen-bond acceptors (Lipinski definition) is 2. The Morgan fingerprint density at radius 1 is 1.64 bits per heavy atom. The van der Waals surface area contributed by atoms with Gasteiger partial charge < -0.3 is 5.21 Å². The van der Waals surface area contributed by atoms with Crippen LogP contribution in [0.4, 0.5) is 0 Å². The van der Waals surface area contributed by atoms with Crippen LogP contribution in [0.5, 0.6) is 0 Å². The van der Waals surface area contributed by atoms with Crippen LogP contribution in [0.1, 0.15) is 11.4 Å². The normalized spacial score (nSPS) is 10.1. The Balaban J connectivity index is 3.59. The van der Waals surface area contributed by atoms with Gasteiger partial charge in [0.2, 0.25) is 0 Å². The van der Waals surface area contributed by atoms with Crippen LogP contribution >= 0.6 is 15.9 Å². The van der Waals surface area contributed by atoms with Crippen LogP contribution in [0.2, 0.25) is 0 Å². The van der Waals surface area contributed by atoms with Gasteiger partial charge in [-0.3, -0.25) is 0 Å². The molecule has 0 unspecified atom stereocenters. The summed E-state index contributed by atoms with van der Waals surface area (Å²) >= 11 is 3.16. The second-order valence-electron chi connectivity index (χ2n) is 2.26. The number of halogens is 1.